The van der Waals surface area contributed by atoms with Crippen molar-refractivity contribution in [2.75, 3.05) is 11.9 Å². The van der Waals surface area contributed by atoms with Crippen LogP contribution in [0, 0.1) is 5.92 Å². The average Bonchev–Trinajstić information content (AvgIpc) is 2.41. The van der Waals surface area contributed by atoms with Crippen molar-refractivity contribution in [3.05, 3.63) is 29.8 Å². The molecule has 5 heteroatoms. The third-order valence-electron chi connectivity index (χ3n) is 3.92. The van der Waals surface area contributed by atoms with Crippen LogP contribution in [0.15, 0.2) is 24.3 Å². The molecule has 0 aromatic heterocycles. The minimum Gasteiger partial charge on any atom is -0.396 e. The molecule has 0 unspecified atom stereocenters. The van der Waals surface area contributed by atoms with E-state index in [1.54, 1.807) is 0 Å². The number of aliphatic hydroxyl groups is 1. The smallest absolute Gasteiger partial charge is 0.391 e. The molecule has 0 heterocycles. The number of aliphatic hydroxyl groups excluding tert-OH is 1. The van der Waals surface area contributed by atoms with Crippen LogP contribution in [-0.4, -0.2) is 23.9 Å². The highest BCUT2D eigenvalue weighted by Gasteiger charge is 2.41. The van der Waals surface area contributed by atoms with Crippen LogP contribution in [0.1, 0.15) is 31.2 Å². The summed E-state index contributed by atoms with van der Waals surface area (Å²) in [7, 11) is 0. The second kappa shape index (κ2) is 6.48. The molecule has 1 aliphatic rings. The number of hydrogen-bond donors (Lipinski definition) is 2. The van der Waals surface area contributed by atoms with Gasteiger partial charge in [-0.2, -0.15) is 13.2 Å². The van der Waals surface area contributed by atoms with Gasteiger partial charge >= 0.3 is 6.18 Å². The molecular formula is C15H20F3NO. The van der Waals surface area contributed by atoms with Crippen molar-refractivity contribution in [2.24, 2.45) is 5.92 Å². The van der Waals surface area contributed by atoms with E-state index in [4.69, 9.17) is 5.11 Å². The molecule has 1 aromatic rings. The molecule has 2 N–H and O–H groups in total. The molecule has 1 fully saturated rings. The van der Waals surface area contributed by atoms with E-state index in [9.17, 15) is 13.2 Å². The Bertz CT molecular complexity index is 408. The lowest BCUT2D eigenvalue weighted by atomic mass is 9.85. The fourth-order valence-corrected chi connectivity index (χ4v) is 2.70. The lowest BCUT2D eigenvalue weighted by Crippen LogP contribution is -2.32. The van der Waals surface area contributed by atoms with Crippen molar-refractivity contribution < 1.29 is 18.3 Å². The fraction of sp³-hybridized carbons (Fsp3) is 0.600. The molecule has 1 saturated carbocycles. The van der Waals surface area contributed by atoms with E-state index in [-0.39, 0.29) is 25.5 Å². The third kappa shape index (κ3) is 4.13. The van der Waals surface area contributed by atoms with Gasteiger partial charge in [0.05, 0.1) is 5.92 Å². The summed E-state index contributed by atoms with van der Waals surface area (Å²) in [5.41, 5.74) is 1.99. The van der Waals surface area contributed by atoms with Gasteiger partial charge in [0, 0.05) is 18.3 Å². The molecule has 0 aliphatic heterocycles. The van der Waals surface area contributed by atoms with E-state index >= 15 is 0 Å². The quantitative estimate of drug-likeness (QED) is 0.884. The van der Waals surface area contributed by atoms with Crippen LogP contribution < -0.4 is 5.32 Å². The zero-order valence-electron chi connectivity index (χ0n) is 11.3. The lowest BCUT2D eigenvalue weighted by Gasteiger charge is -2.30. The van der Waals surface area contributed by atoms with Crippen molar-refractivity contribution in [1.82, 2.24) is 0 Å². The topological polar surface area (TPSA) is 32.3 Å². The Morgan fingerprint density at radius 1 is 1.05 bits per heavy atom. The maximum atomic E-state index is 12.6. The Kier molecular flexibility index (Phi) is 4.91. The highest BCUT2D eigenvalue weighted by Crippen LogP contribution is 2.38. The first kappa shape index (κ1) is 15.2. The Balaban J connectivity index is 1.83. The van der Waals surface area contributed by atoms with Crippen molar-refractivity contribution in [2.45, 2.75) is 44.3 Å². The zero-order chi connectivity index (χ0) is 14.6. The molecule has 0 spiro atoms. The van der Waals surface area contributed by atoms with Gasteiger partial charge in [0.1, 0.15) is 0 Å². The normalized spacial score (nSPS) is 23.6. The van der Waals surface area contributed by atoms with Crippen molar-refractivity contribution in [1.29, 1.82) is 0 Å². The molecule has 1 aromatic carbocycles. The first-order valence-electron chi connectivity index (χ1n) is 7.02. The monoisotopic (exact) mass is 287 g/mol. The summed E-state index contributed by atoms with van der Waals surface area (Å²) in [5, 5.41) is 12.1. The fourth-order valence-electron chi connectivity index (χ4n) is 2.70. The van der Waals surface area contributed by atoms with Crippen LogP contribution in [0.3, 0.4) is 0 Å². The standard InChI is InChI=1S/C15H20F3NO/c16-15(17,18)12-3-7-14(8-4-12)19-13-5-1-11(2-6-13)9-10-20/h1-2,5-6,12,14,19-20H,3-4,7-10H2. The number of rotatable bonds is 4. The van der Waals surface area contributed by atoms with Gasteiger partial charge in [-0.15, -0.1) is 0 Å². The van der Waals surface area contributed by atoms with Gasteiger partial charge in [0.25, 0.3) is 0 Å². The summed E-state index contributed by atoms with van der Waals surface area (Å²) in [4.78, 5) is 0. The van der Waals surface area contributed by atoms with E-state index in [1.807, 2.05) is 24.3 Å². The van der Waals surface area contributed by atoms with Crippen LogP contribution in [0.2, 0.25) is 0 Å². The van der Waals surface area contributed by atoms with Crippen molar-refractivity contribution in [3.8, 4) is 0 Å². The molecule has 1 aliphatic carbocycles. The van der Waals surface area contributed by atoms with E-state index < -0.39 is 12.1 Å². The Morgan fingerprint density at radius 3 is 2.15 bits per heavy atom. The summed E-state index contributed by atoms with van der Waals surface area (Å²) in [6, 6.07) is 7.82. The van der Waals surface area contributed by atoms with Gasteiger partial charge in [0.2, 0.25) is 0 Å². The maximum Gasteiger partial charge on any atom is 0.391 e. The molecule has 2 nitrogen and oxygen atoms in total. The predicted molar refractivity (Wildman–Crippen MR) is 72.7 cm³/mol. The van der Waals surface area contributed by atoms with Gasteiger partial charge in [-0.3, -0.25) is 0 Å². The SMILES string of the molecule is OCCc1ccc(NC2CCC(C(F)(F)F)CC2)cc1. The number of benzene rings is 1. The molecular weight excluding hydrogens is 267 g/mol. The summed E-state index contributed by atoms with van der Waals surface area (Å²) < 4.78 is 37.7. The molecule has 112 valence electrons. The summed E-state index contributed by atoms with van der Waals surface area (Å²) in [6.07, 6.45) is -1.88. The molecule has 0 amide bonds. The van der Waals surface area contributed by atoms with Gasteiger partial charge < -0.3 is 10.4 Å². The Morgan fingerprint density at radius 2 is 1.65 bits per heavy atom. The third-order valence-corrected chi connectivity index (χ3v) is 3.92. The molecule has 0 saturated heterocycles. The highest BCUT2D eigenvalue weighted by atomic mass is 19.4. The van der Waals surface area contributed by atoms with Crippen molar-refractivity contribution >= 4 is 5.69 Å². The Hall–Kier alpha value is -1.23. The van der Waals surface area contributed by atoms with Gasteiger partial charge in [0.15, 0.2) is 0 Å². The number of anilines is 1. The second-order valence-electron chi connectivity index (χ2n) is 5.41. The first-order chi connectivity index (χ1) is 9.49. The Labute approximate surface area is 117 Å². The van der Waals surface area contributed by atoms with Crippen LogP contribution >= 0.6 is 0 Å². The predicted octanol–water partition coefficient (Wildman–Crippen LogP) is 3.75. The van der Waals surface area contributed by atoms with Crippen molar-refractivity contribution in [3.63, 3.8) is 0 Å². The van der Waals surface area contributed by atoms with Gasteiger partial charge in [-0.1, -0.05) is 12.1 Å². The van der Waals surface area contributed by atoms with Crippen LogP contribution in [0.25, 0.3) is 0 Å². The van der Waals surface area contributed by atoms with E-state index in [0.29, 0.717) is 19.3 Å². The number of alkyl halides is 3. The maximum absolute atomic E-state index is 12.6. The minimum atomic E-state index is -4.04. The first-order valence-corrected chi connectivity index (χ1v) is 7.02. The minimum absolute atomic E-state index is 0.119. The molecule has 2 rings (SSSR count). The molecule has 20 heavy (non-hydrogen) atoms. The summed E-state index contributed by atoms with van der Waals surface area (Å²) in [5.74, 6) is -1.13. The zero-order valence-corrected chi connectivity index (χ0v) is 11.3. The molecule has 0 atom stereocenters. The number of nitrogens with one attached hydrogen (secondary N) is 1. The molecule has 0 radical (unpaired) electrons. The summed E-state index contributed by atoms with van der Waals surface area (Å²) >= 11 is 0. The van der Waals surface area contributed by atoms with E-state index in [1.165, 1.54) is 0 Å². The lowest BCUT2D eigenvalue weighted by molar-refractivity contribution is -0.182. The van der Waals surface area contributed by atoms with E-state index in [2.05, 4.69) is 5.32 Å². The van der Waals surface area contributed by atoms with Gasteiger partial charge in [-0.25, -0.2) is 0 Å². The summed E-state index contributed by atoms with van der Waals surface area (Å²) in [6.45, 7) is 0.119. The number of hydrogen-bond acceptors (Lipinski definition) is 2. The van der Waals surface area contributed by atoms with Crippen LogP contribution in [-0.2, 0) is 6.42 Å². The second-order valence-corrected chi connectivity index (χ2v) is 5.41. The largest absolute Gasteiger partial charge is 0.396 e. The van der Waals surface area contributed by atoms with Gasteiger partial charge in [-0.05, 0) is 49.8 Å². The van der Waals surface area contributed by atoms with E-state index in [0.717, 1.165) is 11.3 Å². The van der Waals surface area contributed by atoms with Crippen LogP contribution in [0.5, 0.6) is 0 Å². The van der Waals surface area contributed by atoms with Crippen LogP contribution in [0.4, 0.5) is 18.9 Å². The molecule has 0 bridgehead atoms. The number of halogens is 3. The average molecular weight is 287 g/mol. The highest BCUT2D eigenvalue weighted by molar-refractivity contribution is 5.45.